The monoisotopic (exact) mass is 405 g/mol. The molecule has 0 aliphatic heterocycles. The Kier molecular flexibility index (Phi) is 8.27. The number of benzene rings is 3. The van der Waals surface area contributed by atoms with Crippen LogP contribution in [0.4, 0.5) is 0 Å². The summed E-state index contributed by atoms with van der Waals surface area (Å²) in [5, 5.41) is 20.4. The van der Waals surface area contributed by atoms with E-state index in [0.717, 1.165) is 37.3 Å². The number of hydrogen-bond acceptors (Lipinski definition) is 5. The molecule has 0 amide bonds. The highest BCUT2D eigenvalue weighted by Gasteiger charge is 2.13. The van der Waals surface area contributed by atoms with Crippen LogP contribution in [-0.4, -0.2) is 46.2 Å². The fraction of sp³-hybridized carbons (Fsp3) is 0.280. The van der Waals surface area contributed by atoms with Crippen molar-refractivity contribution in [2.75, 3.05) is 26.2 Å². The molecule has 30 heavy (non-hydrogen) atoms. The number of hydrogen-bond donors (Lipinski definition) is 3. The zero-order valence-electron chi connectivity index (χ0n) is 17.3. The number of para-hydroxylation sites is 2. The molecule has 0 radical (unpaired) electrons. The Morgan fingerprint density at radius 3 is 1.63 bits per heavy atom. The summed E-state index contributed by atoms with van der Waals surface area (Å²) >= 11 is 0. The van der Waals surface area contributed by atoms with Gasteiger partial charge in [0.05, 0.1) is 0 Å². The molecule has 0 spiro atoms. The molecule has 3 aromatic carbocycles. The van der Waals surface area contributed by atoms with Gasteiger partial charge in [-0.05, 0) is 17.7 Å². The highest BCUT2D eigenvalue weighted by Crippen LogP contribution is 2.20. The molecule has 0 heterocycles. The standard InChI is InChI=1S/C25H31N3O2/c26-14-15-27(19-22-10-4-6-12-24(22)29)16-17-28(18-21-8-2-1-3-9-21)20-23-11-5-7-13-25(23)30/h1-13,29-30H,14-20,26H2. The van der Waals surface area contributed by atoms with E-state index in [9.17, 15) is 10.2 Å². The van der Waals surface area contributed by atoms with Gasteiger partial charge in [-0.1, -0.05) is 66.7 Å². The minimum Gasteiger partial charge on any atom is -0.508 e. The number of nitrogens with zero attached hydrogens (tertiary/aromatic N) is 2. The normalized spacial score (nSPS) is 11.3. The number of phenols is 2. The van der Waals surface area contributed by atoms with Gasteiger partial charge in [-0.15, -0.1) is 0 Å². The molecule has 0 saturated heterocycles. The van der Waals surface area contributed by atoms with E-state index in [-0.39, 0.29) is 0 Å². The molecule has 3 rings (SSSR count). The average molecular weight is 406 g/mol. The Bertz CT molecular complexity index is 902. The van der Waals surface area contributed by atoms with E-state index >= 15 is 0 Å². The Labute approximate surface area is 179 Å². The van der Waals surface area contributed by atoms with E-state index in [0.29, 0.717) is 31.1 Å². The zero-order valence-corrected chi connectivity index (χ0v) is 17.3. The lowest BCUT2D eigenvalue weighted by Gasteiger charge is -2.28. The third-order valence-corrected chi connectivity index (χ3v) is 5.20. The molecule has 0 unspecified atom stereocenters. The number of aromatic hydroxyl groups is 2. The molecule has 0 saturated carbocycles. The first kappa shape index (κ1) is 21.8. The van der Waals surface area contributed by atoms with Crippen LogP contribution in [0.1, 0.15) is 16.7 Å². The smallest absolute Gasteiger partial charge is 0.120 e. The minimum absolute atomic E-state index is 0.315. The molecule has 5 nitrogen and oxygen atoms in total. The summed E-state index contributed by atoms with van der Waals surface area (Å²) in [7, 11) is 0. The van der Waals surface area contributed by atoms with Crippen LogP contribution in [0, 0.1) is 0 Å². The molecule has 5 heteroatoms. The Morgan fingerprint density at radius 1 is 0.567 bits per heavy atom. The molecule has 3 aromatic rings. The maximum absolute atomic E-state index is 10.2. The van der Waals surface area contributed by atoms with E-state index in [1.807, 2.05) is 54.6 Å². The lowest BCUT2D eigenvalue weighted by Crippen LogP contribution is -2.37. The van der Waals surface area contributed by atoms with Gasteiger partial charge in [0.2, 0.25) is 0 Å². The van der Waals surface area contributed by atoms with Crippen LogP contribution in [0.25, 0.3) is 0 Å². The fourth-order valence-corrected chi connectivity index (χ4v) is 3.56. The topological polar surface area (TPSA) is 73.0 Å². The Morgan fingerprint density at radius 2 is 1.07 bits per heavy atom. The maximum Gasteiger partial charge on any atom is 0.120 e. The van der Waals surface area contributed by atoms with Crippen LogP contribution < -0.4 is 5.73 Å². The maximum atomic E-state index is 10.2. The second-order valence-electron chi connectivity index (χ2n) is 7.52. The molecule has 0 aromatic heterocycles. The van der Waals surface area contributed by atoms with Crippen molar-refractivity contribution >= 4 is 0 Å². The van der Waals surface area contributed by atoms with E-state index in [1.54, 1.807) is 12.1 Å². The van der Waals surface area contributed by atoms with Crippen molar-refractivity contribution < 1.29 is 10.2 Å². The van der Waals surface area contributed by atoms with Gasteiger partial charge in [0.25, 0.3) is 0 Å². The number of phenolic OH excluding ortho intramolecular Hbond substituents is 2. The van der Waals surface area contributed by atoms with Crippen LogP contribution in [0.2, 0.25) is 0 Å². The molecule has 0 atom stereocenters. The van der Waals surface area contributed by atoms with Crippen LogP contribution in [-0.2, 0) is 19.6 Å². The lowest BCUT2D eigenvalue weighted by molar-refractivity contribution is 0.188. The van der Waals surface area contributed by atoms with E-state index in [2.05, 4.69) is 21.9 Å². The third kappa shape index (κ3) is 6.59. The first-order valence-corrected chi connectivity index (χ1v) is 10.4. The molecule has 0 bridgehead atoms. The van der Waals surface area contributed by atoms with Gasteiger partial charge in [-0.2, -0.15) is 0 Å². The quantitative estimate of drug-likeness (QED) is 0.455. The zero-order chi connectivity index (χ0) is 21.2. The summed E-state index contributed by atoms with van der Waals surface area (Å²) in [6, 6.07) is 25.3. The van der Waals surface area contributed by atoms with Crippen molar-refractivity contribution in [3.05, 3.63) is 95.6 Å². The van der Waals surface area contributed by atoms with Gasteiger partial charge in [0.1, 0.15) is 11.5 Å². The van der Waals surface area contributed by atoms with Crippen molar-refractivity contribution in [1.29, 1.82) is 0 Å². The Balaban J connectivity index is 1.70. The van der Waals surface area contributed by atoms with E-state index < -0.39 is 0 Å². The molecule has 0 fully saturated rings. The van der Waals surface area contributed by atoms with Crippen molar-refractivity contribution in [2.24, 2.45) is 5.73 Å². The summed E-state index contributed by atoms with van der Waals surface area (Å²) in [5.41, 5.74) is 8.90. The van der Waals surface area contributed by atoms with Gasteiger partial charge in [0.15, 0.2) is 0 Å². The van der Waals surface area contributed by atoms with E-state index in [1.165, 1.54) is 5.56 Å². The lowest BCUT2D eigenvalue weighted by atomic mass is 10.1. The third-order valence-electron chi connectivity index (χ3n) is 5.20. The van der Waals surface area contributed by atoms with Crippen LogP contribution >= 0.6 is 0 Å². The predicted molar refractivity (Wildman–Crippen MR) is 121 cm³/mol. The average Bonchev–Trinajstić information content (AvgIpc) is 2.76. The summed E-state index contributed by atoms with van der Waals surface area (Å²) in [5.74, 6) is 0.637. The Hall–Kier alpha value is -2.86. The molecule has 0 aliphatic rings. The number of nitrogens with two attached hydrogens (primary N) is 1. The molecule has 4 N–H and O–H groups in total. The summed E-state index contributed by atoms with van der Waals surface area (Å²) in [6.45, 7) is 5.05. The van der Waals surface area contributed by atoms with Gasteiger partial charge in [-0.25, -0.2) is 0 Å². The van der Waals surface area contributed by atoms with Gasteiger partial charge < -0.3 is 15.9 Å². The fourth-order valence-electron chi connectivity index (χ4n) is 3.56. The minimum atomic E-state index is 0.315. The van der Waals surface area contributed by atoms with Crippen LogP contribution in [0.3, 0.4) is 0 Å². The van der Waals surface area contributed by atoms with Crippen molar-refractivity contribution in [3.63, 3.8) is 0 Å². The predicted octanol–water partition coefficient (Wildman–Crippen LogP) is 3.56. The van der Waals surface area contributed by atoms with Crippen molar-refractivity contribution in [1.82, 2.24) is 9.80 Å². The first-order chi connectivity index (χ1) is 14.7. The van der Waals surface area contributed by atoms with Crippen molar-refractivity contribution in [3.8, 4) is 11.5 Å². The second-order valence-corrected chi connectivity index (χ2v) is 7.52. The van der Waals surface area contributed by atoms with Crippen molar-refractivity contribution in [2.45, 2.75) is 19.6 Å². The van der Waals surface area contributed by atoms with Gasteiger partial charge in [-0.3, -0.25) is 9.80 Å². The van der Waals surface area contributed by atoms with Gasteiger partial charge in [0, 0.05) is 56.9 Å². The highest BCUT2D eigenvalue weighted by molar-refractivity contribution is 5.32. The number of rotatable bonds is 11. The van der Waals surface area contributed by atoms with Crippen LogP contribution in [0.15, 0.2) is 78.9 Å². The second kappa shape index (κ2) is 11.4. The summed E-state index contributed by atoms with van der Waals surface area (Å²) < 4.78 is 0. The van der Waals surface area contributed by atoms with Gasteiger partial charge >= 0.3 is 0 Å². The van der Waals surface area contributed by atoms with E-state index in [4.69, 9.17) is 5.73 Å². The highest BCUT2D eigenvalue weighted by atomic mass is 16.3. The molecular weight excluding hydrogens is 374 g/mol. The largest absolute Gasteiger partial charge is 0.508 e. The summed E-state index contributed by atoms with van der Waals surface area (Å²) in [4.78, 5) is 4.59. The SMILES string of the molecule is NCCN(CCN(Cc1ccccc1)Cc1ccccc1O)Cc1ccccc1O. The van der Waals surface area contributed by atoms with Crippen LogP contribution in [0.5, 0.6) is 11.5 Å². The summed E-state index contributed by atoms with van der Waals surface area (Å²) in [6.07, 6.45) is 0. The molecule has 0 aliphatic carbocycles. The molecule has 158 valence electrons. The first-order valence-electron chi connectivity index (χ1n) is 10.4. The molecular formula is C25H31N3O2.